The number of aromatic nitrogens is 1. The van der Waals surface area contributed by atoms with E-state index in [1.807, 2.05) is 12.1 Å². The minimum Gasteiger partial charge on any atom is -0.464 e. The molecule has 18 heavy (non-hydrogen) atoms. The van der Waals surface area contributed by atoms with Gasteiger partial charge < -0.3 is 15.1 Å². The molecule has 0 saturated carbocycles. The topological polar surface area (TPSA) is 50.1 Å². The molecule has 1 aliphatic rings. The monoisotopic (exact) mass is 243 g/mol. The minimum absolute atomic E-state index is 0.883. The average molecular weight is 243 g/mol. The molecule has 3 heterocycles. The van der Waals surface area contributed by atoms with Crippen LogP contribution >= 0.6 is 0 Å². The van der Waals surface area contributed by atoms with Gasteiger partial charge in [-0.1, -0.05) is 11.6 Å². The van der Waals surface area contributed by atoms with Crippen LogP contribution in [0.25, 0.3) is 11.0 Å². The summed E-state index contributed by atoms with van der Waals surface area (Å²) in [5.41, 5.74) is 2.41. The van der Waals surface area contributed by atoms with Crippen LogP contribution in [0.1, 0.15) is 12.8 Å². The van der Waals surface area contributed by atoms with Crippen molar-refractivity contribution in [1.82, 2.24) is 10.3 Å². The highest BCUT2D eigenvalue weighted by atomic mass is 16.3. The van der Waals surface area contributed by atoms with Crippen LogP contribution < -0.4 is 10.6 Å². The number of nitrogens with zero attached hydrogens (tertiary/aromatic N) is 1. The van der Waals surface area contributed by atoms with Gasteiger partial charge in [-0.3, -0.25) is 0 Å². The van der Waals surface area contributed by atoms with Crippen molar-refractivity contribution in [3.63, 3.8) is 0 Å². The molecule has 4 nitrogen and oxygen atoms in total. The molecule has 0 atom stereocenters. The third kappa shape index (κ3) is 2.38. The Labute approximate surface area is 106 Å². The molecule has 0 fully saturated rings. The van der Waals surface area contributed by atoms with Gasteiger partial charge in [0.05, 0.1) is 11.6 Å². The van der Waals surface area contributed by atoms with Gasteiger partial charge in [0.2, 0.25) is 0 Å². The Bertz CT molecular complexity index is 559. The lowest BCUT2D eigenvalue weighted by Crippen LogP contribution is -2.21. The van der Waals surface area contributed by atoms with Crippen molar-refractivity contribution in [2.45, 2.75) is 12.8 Å². The number of fused-ring (bicyclic) bond motifs is 1. The normalized spacial score (nSPS) is 15.7. The summed E-state index contributed by atoms with van der Waals surface area (Å²) < 4.78 is 5.36. The molecular weight excluding hydrogens is 226 g/mol. The third-order valence-electron chi connectivity index (χ3n) is 3.28. The van der Waals surface area contributed by atoms with E-state index in [4.69, 9.17) is 4.42 Å². The fraction of sp³-hybridized carbons (Fsp3) is 0.357. The van der Waals surface area contributed by atoms with Crippen molar-refractivity contribution >= 4 is 16.8 Å². The Kier molecular flexibility index (Phi) is 3.28. The predicted octanol–water partition coefficient (Wildman–Crippen LogP) is 2.55. The fourth-order valence-electron chi connectivity index (χ4n) is 2.27. The lowest BCUT2D eigenvalue weighted by Gasteiger charge is -2.14. The predicted molar refractivity (Wildman–Crippen MR) is 72.7 cm³/mol. The Hall–Kier alpha value is -1.81. The van der Waals surface area contributed by atoms with Crippen LogP contribution in [0.15, 0.2) is 40.7 Å². The summed E-state index contributed by atoms with van der Waals surface area (Å²) in [7, 11) is 0. The summed E-state index contributed by atoms with van der Waals surface area (Å²) in [6.45, 7) is 3.02. The number of pyridine rings is 1. The number of nitrogens with one attached hydrogen (secondary N) is 2. The first-order chi connectivity index (χ1) is 8.93. The zero-order chi connectivity index (χ0) is 12.2. The Morgan fingerprint density at radius 1 is 1.39 bits per heavy atom. The van der Waals surface area contributed by atoms with Crippen molar-refractivity contribution < 1.29 is 4.42 Å². The van der Waals surface area contributed by atoms with Crippen molar-refractivity contribution in [1.29, 1.82) is 0 Å². The van der Waals surface area contributed by atoms with Crippen LogP contribution in [0.3, 0.4) is 0 Å². The number of furan rings is 1. The van der Waals surface area contributed by atoms with E-state index in [0.29, 0.717) is 0 Å². The van der Waals surface area contributed by atoms with Crippen LogP contribution in [-0.4, -0.2) is 24.6 Å². The average Bonchev–Trinajstić information content (AvgIpc) is 2.89. The largest absolute Gasteiger partial charge is 0.464 e. The SMILES string of the molecule is C1=C(CCNc2nccc3occc23)CCNC1. The van der Waals surface area contributed by atoms with E-state index in [2.05, 4.69) is 21.7 Å². The molecule has 0 spiro atoms. The van der Waals surface area contributed by atoms with Crippen molar-refractivity contribution in [3.05, 3.63) is 36.2 Å². The lowest BCUT2D eigenvalue weighted by molar-refractivity contribution is 0.615. The van der Waals surface area contributed by atoms with Gasteiger partial charge >= 0.3 is 0 Å². The van der Waals surface area contributed by atoms with Crippen LogP contribution in [0, 0.1) is 0 Å². The van der Waals surface area contributed by atoms with Crippen LogP contribution in [-0.2, 0) is 0 Å². The van der Waals surface area contributed by atoms with Crippen molar-refractivity contribution in [2.24, 2.45) is 0 Å². The number of hydrogen-bond acceptors (Lipinski definition) is 4. The number of hydrogen-bond donors (Lipinski definition) is 2. The molecular formula is C14H17N3O. The summed E-state index contributed by atoms with van der Waals surface area (Å²) in [6.07, 6.45) is 8.00. The molecule has 2 aromatic rings. The van der Waals surface area contributed by atoms with Gasteiger partial charge in [0.15, 0.2) is 0 Å². The van der Waals surface area contributed by atoms with E-state index in [1.54, 1.807) is 12.5 Å². The second-order valence-corrected chi connectivity index (χ2v) is 4.49. The molecule has 3 rings (SSSR count). The smallest absolute Gasteiger partial charge is 0.139 e. The standard InChI is InChI=1S/C14H17N3O/c1-6-15-7-2-11(1)3-8-16-14-12-5-10-18-13(12)4-9-17-14/h1,4-5,9-10,15H,2-3,6-8H2,(H,16,17). The molecule has 0 aliphatic carbocycles. The van der Waals surface area contributed by atoms with Crippen LogP contribution in [0.5, 0.6) is 0 Å². The van der Waals surface area contributed by atoms with Crippen LogP contribution in [0.4, 0.5) is 5.82 Å². The molecule has 0 amide bonds. The van der Waals surface area contributed by atoms with E-state index in [-0.39, 0.29) is 0 Å². The highest BCUT2D eigenvalue weighted by Gasteiger charge is 2.05. The third-order valence-corrected chi connectivity index (χ3v) is 3.28. The number of anilines is 1. The van der Waals surface area contributed by atoms with Gasteiger partial charge in [0, 0.05) is 19.3 Å². The van der Waals surface area contributed by atoms with Crippen LogP contribution in [0.2, 0.25) is 0 Å². The molecule has 0 unspecified atom stereocenters. The van der Waals surface area contributed by atoms with E-state index in [1.165, 1.54) is 5.57 Å². The maximum atomic E-state index is 5.36. The van der Waals surface area contributed by atoms with E-state index >= 15 is 0 Å². The first kappa shape index (κ1) is 11.3. The Morgan fingerprint density at radius 2 is 2.39 bits per heavy atom. The van der Waals surface area contributed by atoms with Crippen molar-refractivity contribution in [2.75, 3.05) is 25.0 Å². The summed E-state index contributed by atoms with van der Waals surface area (Å²) in [5.74, 6) is 0.913. The lowest BCUT2D eigenvalue weighted by atomic mass is 10.1. The molecule has 1 aliphatic heterocycles. The molecule has 0 bridgehead atoms. The maximum absolute atomic E-state index is 5.36. The van der Waals surface area contributed by atoms with Gasteiger partial charge in [-0.15, -0.1) is 0 Å². The second-order valence-electron chi connectivity index (χ2n) is 4.49. The highest BCUT2D eigenvalue weighted by molar-refractivity contribution is 5.87. The van der Waals surface area contributed by atoms with E-state index in [0.717, 1.165) is 49.3 Å². The molecule has 4 heteroatoms. The molecule has 94 valence electrons. The summed E-state index contributed by atoms with van der Waals surface area (Å²) in [6, 6.07) is 3.84. The quantitative estimate of drug-likeness (QED) is 0.810. The highest BCUT2D eigenvalue weighted by Crippen LogP contribution is 2.21. The molecule has 2 N–H and O–H groups in total. The van der Waals surface area contributed by atoms with Gasteiger partial charge in [-0.25, -0.2) is 4.98 Å². The zero-order valence-corrected chi connectivity index (χ0v) is 10.3. The van der Waals surface area contributed by atoms with Gasteiger partial charge in [-0.05, 0) is 31.5 Å². The van der Waals surface area contributed by atoms with Gasteiger partial charge in [0.1, 0.15) is 11.4 Å². The minimum atomic E-state index is 0.883. The Balaban J connectivity index is 1.62. The zero-order valence-electron chi connectivity index (χ0n) is 10.3. The summed E-state index contributed by atoms with van der Waals surface area (Å²) >= 11 is 0. The first-order valence-corrected chi connectivity index (χ1v) is 6.38. The van der Waals surface area contributed by atoms with Crippen molar-refractivity contribution in [3.8, 4) is 0 Å². The van der Waals surface area contributed by atoms with Gasteiger partial charge in [-0.2, -0.15) is 0 Å². The molecule has 0 aromatic carbocycles. The summed E-state index contributed by atoms with van der Waals surface area (Å²) in [5, 5.41) is 7.76. The second kappa shape index (κ2) is 5.23. The van der Waals surface area contributed by atoms with Gasteiger partial charge in [0.25, 0.3) is 0 Å². The molecule has 0 radical (unpaired) electrons. The van der Waals surface area contributed by atoms with E-state index < -0.39 is 0 Å². The number of rotatable bonds is 4. The fourth-order valence-corrected chi connectivity index (χ4v) is 2.27. The molecule has 2 aromatic heterocycles. The van der Waals surface area contributed by atoms with E-state index in [9.17, 15) is 0 Å². The Morgan fingerprint density at radius 3 is 3.28 bits per heavy atom. The first-order valence-electron chi connectivity index (χ1n) is 6.38. The molecule has 0 saturated heterocycles. The maximum Gasteiger partial charge on any atom is 0.139 e. The summed E-state index contributed by atoms with van der Waals surface area (Å²) in [4.78, 5) is 4.36.